The zero-order valence-corrected chi connectivity index (χ0v) is 22.0. The maximum Gasteiger partial charge on any atom is 0.305 e. The highest BCUT2D eigenvalue weighted by atomic mass is 16.5. The molecule has 0 saturated heterocycles. The van der Waals surface area contributed by atoms with Gasteiger partial charge in [-0.2, -0.15) is 0 Å². The molecule has 6 heteroatoms. The first-order valence-corrected chi connectivity index (χ1v) is 12.8. The van der Waals surface area contributed by atoms with E-state index in [4.69, 9.17) is 14.5 Å². The molecule has 1 saturated carbocycles. The molecule has 1 atom stereocenters. The highest BCUT2D eigenvalue weighted by molar-refractivity contribution is 5.82. The van der Waals surface area contributed by atoms with E-state index in [2.05, 4.69) is 42.8 Å². The van der Waals surface area contributed by atoms with Crippen LogP contribution in [0.5, 0.6) is 5.75 Å². The van der Waals surface area contributed by atoms with Crippen LogP contribution in [0, 0.1) is 12.3 Å². The maximum atomic E-state index is 11.7. The Morgan fingerprint density at radius 1 is 1.23 bits per heavy atom. The quantitative estimate of drug-likeness (QED) is 0.350. The summed E-state index contributed by atoms with van der Waals surface area (Å²) in [5.41, 5.74) is 5.71. The number of anilines is 2. The number of rotatable bonds is 8. The van der Waals surface area contributed by atoms with Gasteiger partial charge in [-0.25, -0.2) is 4.98 Å². The molecule has 3 aromatic rings. The molecule has 1 aliphatic rings. The molecule has 6 nitrogen and oxygen atoms in total. The minimum absolute atomic E-state index is 0.143. The second-order valence-corrected chi connectivity index (χ2v) is 10.9. The number of nitrogens with one attached hydrogen (secondary N) is 1. The van der Waals surface area contributed by atoms with Crippen LogP contribution in [0.1, 0.15) is 77.0 Å². The molecule has 0 spiro atoms. The molecule has 2 aromatic carbocycles. The van der Waals surface area contributed by atoms with Crippen molar-refractivity contribution in [2.75, 3.05) is 12.4 Å². The van der Waals surface area contributed by atoms with Gasteiger partial charge in [-0.3, -0.25) is 4.79 Å². The second kappa shape index (κ2) is 10.3. The van der Waals surface area contributed by atoms with Crippen molar-refractivity contribution in [1.29, 1.82) is 0 Å². The van der Waals surface area contributed by atoms with Gasteiger partial charge in [-0.15, -0.1) is 0 Å². The fourth-order valence-electron chi connectivity index (χ4n) is 5.25. The fourth-order valence-corrected chi connectivity index (χ4v) is 5.25. The topological polar surface area (TPSA) is 65.4 Å². The standard InChI is InChI=1S/C29H39N3O3/c1-19(2)35-24-12-10-22(11-13-24)30-28-31-25-17-21(9-14-27(33)34-6)20(3)16-26(25)32(28)23-8-7-15-29(4,5)18-23/h10-13,16-17,19,23H,7-9,14-15,18H2,1-6H3,(H,30,31)/t23-/m0/s1. The summed E-state index contributed by atoms with van der Waals surface area (Å²) in [5, 5.41) is 3.59. The first-order valence-electron chi connectivity index (χ1n) is 12.8. The van der Waals surface area contributed by atoms with Crippen molar-refractivity contribution in [3.05, 3.63) is 47.5 Å². The van der Waals surface area contributed by atoms with Gasteiger partial charge in [-0.1, -0.05) is 20.3 Å². The van der Waals surface area contributed by atoms with E-state index in [9.17, 15) is 4.79 Å². The predicted octanol–water partition coefficient (Wildman–Crippen LogP) is 7.12. The van der Waals surface area contributed by atoms with Crippen molar-refractivity contribution in [3.63, 3.8) is 0 Å². The Labute approximate surface area is 209 Å². The number of carbonyl (C=O) groups is 1. The Balaban J connectivity index is 1.71. The van der Waals surface area contributed by atoms with Gasteiger partial charge < -0.3 is 19.4 Å². The second-order valence-electron chi connectivity index (χ2n) is 10.9. The summed E-state index contributed by atoms with van der Waals surface area (Å²) in [4.78, 5) is 16.8. The number of benzene rings is 2. The summed E-state index contributed by atoms with van der Waals surface area (Å²) < 4.78 is 13.1. The number of aryl methyl sites for hydroxylation is 2. The van der Waals surface area contributed by atoms with E-state index in [0.717, 1.165) is 46.8 Å². The number of hydrogen-bond donors (Lipinski definition) is 1. The van der Waals surface area contributed by atoms with Gasteiger partial charge in [0.15, 0.2) is 0 Å². The maximum absolute atomic E-state index is 11.7. The van der Waals surface area contributed by atoms with Gasteiger partial charge in [0.2, 0.25) is 5.95 Å². The number of carbonyl (C=O) groups excluding carboxylic acids is 1. The van der Waals surface area contributed by atoms with Crippen LogP contribution < -0.4 is 10.1 Å². The molecule has 0 unspecified atom stereocenters. The Morgan fingerprint density at radius 3 is 2.63 bits per heavy atom. The number of hydrogen-bond acceptors (Lipinski definition) is 5. The van der Waals surface area contributed by atoms with E-state index < -0.39 is 0 Å². The van der Waals surface area contributed by atoms with Crippen molar-refractivity contribution >= 4 is 28.6 Å². The average molecular weight is 478 g/mol. The molecule has 1 aliphatic carbocycles. The van der Waals surface area contributed by atoms with E-state index in [-0.39, 0.29) is 12.1 Å². The molecule has 0 radical (unpaired) electrons. The van der Waals surface area contributed by atoms with Crippen LogP contribution in [0.25, 0.3) is 11.0 Å². The fraction of sp³-hybridized carbons (Fsp3) is 0.517. The zero-order chi connectivity index (χ0) is 25.2. The molecule has 0 bridgehead atoms. The third kappa shape index (κ3) is 5.98. The molecular formula is C29H39N3O3. The SMILES string of the molecule is COC(=O)CCc1cc2nc(Nc3ccc(OC(C)C)cc3)n([C@H]3CCCC(C)(C)C3)c2cc1C. The summed E-state index contributed by atoms with van der Waals surface area (Å²) in [6.45, 7) is 10.9. The lowest BCUT2D eigenvalue weighted by atomic mass is 9.75. The Hall–Kier alpha value is -3.02. The normalized spacial score (nSPS) is 17.5. The van der Waals surface area contributed by atoms with Gasteiger partial charge in [0.1, 0.15) is 5.75 Å². The van der Waals surface area contributed by atoms with Gasteiger partial charge in [0.05, 0.1) is 24.2 Å². The van der Waals surface area contributed by atoms with Gasteiger partial charge in [0, 0.05) is 18.2 Å². The van der Waals surface area contributed by atoms with Crippen LogP contribution in [-0.2, 0) is 16.0 Å². The van der Waals surface area contributed by atoms with Crippen LogP contribution in [-0.4, -0.2) is 28.7 Å². The van der Waals surface area contributed by atoms with Crippen molar-refractivity contribution in [2.45, 2.75) is 85.3 Å². The van der Waals surface area contributed by atoms with Crippen molar-refractivity contribution in [2.24, 2.45) is 5.41 Å². The van der Waals surface area contributed by atoms with E-state index in [0.29, 0.717) is 24.3 Å². The lowest BCUT2D eigenvalue weighted by molar-refractivity contribution is -0.140. The molecule has 188 valence electrons. The Bertz CT molecular complexity index is 1180. The lowest BCUT2D eigenvalue weighted by Crippen LogP contribution is -2.25. The highest BCUT2D eigenvalue weighted by Crippen LogP contribution is 2.44. The van der Waals surface area contributed by atoms with Crippen LogP contribution in [0.3, 0.4) is 0 Å². The molecule has 1 aromatic heterocycles. The summed E-state index contributed by atoms with van der Waals surface area (Å²) in [6, 6.07) is 12.8. The molecule has 35 heavy (non-hydrogen) atoms. The number of methoxy groups -OCH3 is 1. The van der Waals surface area contributed by atoms with Crippen molar-refractivity contribution in [3.8, 4) is 5.75 Å². The zero-order valence-electron chi connectivity index (χ0n) is 22.0. The highest BCUT2D eigenvalue weighted by Gasteiger charge is 2.31. The monoisotopic (exact) mass is 477 g/mol. The number of fused-ring (bicyclic) bond motifs is 1. The molecule has 1 fully saturated rings. The van der Waals surface area contributed by atoms with Crippen LogP contribution in [0.15, 0.2) is 36.4 Å². The minimum Gasteiger partial charge on any atom is -0.491 e. The van der Waals surface area contributed by atoms with Gasteiger partial charge >= 0.3 is 5.97 Å². The molecule has 4 rings (SSSR count). The summed E-state index contributed by atoms with van der Waals surface area (Å²) in [6.07, 6.45) is 5.91. The van der Waals surface area contributed by atoms with E-state index >= 15 is 0 Å². The number of ether oxygens (including phenoxy) is 2. The number of imidazole rings is 1. The lowest BCUT2D eigenvalue weighted by Gasteiger charge is -2.36. The first kappa shape index (κ1) is 25.1. The number of esters is 1. The summed E-state index contributed by atoms with van der Waals surface area (Å²) in [5.74, 6) is 1.54. The van der Waals surface area contributed by atoms with Crippen molar-refractivity contribution < 1.29 is 14.3 Å². The summed E-state index contributed by atoms with van der Waals surface area (Å²) >= 11 is 0. The first-order chi connectivity index (χ1) is 16.6. The smallest absolute Gasteiger partial charge is 0.305 e. The third-order valence-electron chi connectivity index (χ3n) is 7.00. The van der Waals surface area contributed by atoms with Crippen LogP contribution in [0.4, 0.5) is 11.6 Å². The molecular weight excluding hydrogens is 438 g/mol. The Kier molecular flexibility index (Phi) is 7.39. The molecule has 0 amide bonds. The van der Waals surface area contributed by atoms with E-state index in [1.165, 1.54) is 25.5 Å². The van der Waals surface area contributed by atoms with Crippen LogP contribution >= 0.6 is 0 Å². The number of aromatic nitrogens is 2. The summed E-state index contributed by atoms with van der Waals surface area (Å²) in [7, 11) is 1.44. The molecule has 1 N–H and O–H groups in total. The van der Waals surface area contributed by atoms with Gasteiger partial charge in [-0.05, 0) is 99.4 Å². The van der Waals surface area contributed by atoms with Gasteiger partial charge in [0.25, 0.3) is 0 Å². The van der Waals surface area contributed by atoms with E-state index in [1.807, 2.05) is 38.1 Å². The van der Waals surface area contributed by atoms with Crippen molar-refractivity contribution in [1.82, 2.24) is 9.55 Å². The largest absolute Gasteiger partial charge is 0.491 e. The van der Waals surface area contributed by atoms with Crippen LogP contribution in [0.2, 0.25) is 0 Å². The third-order valence-corrected chi connectivity index (χ3v) is 7.00. The predicted molar refractivity (Wildman–Crippen MR) is 142 cm³/mol. The minimum atomic E-state index is -0.188. The molecule has 1 heterocycles. The molecule has 0 aliphatic heterocycles. The average Bonchev–Trinajstić information content (AvgIpc) is 3.14. The Morgan fingerprint density at radius 2 is 1.97 bits per heavy atom. The number of nitrogens with zero attached hydrogens (tertiary/aromatic N) is 2. The van der Waals surface area contributed by atoms with E-state index in [1.54, 1.807) is 0 Å².